The highest BCUT2D eigenvalue weighted by Crippen LogP contribution is 2.78. The van der Waals surface area contributed by atoms with Gasteiger partial charge in [-0.1, -0.05) is 90.4 Å². The molecule has 0 radical (unpaired) electrons. The Kier molecular flexibility index (Phi) is 9.81. The number of H-pyrrole nitrogens is 1. The first-order valence-corrected chi connectivity index (χ1v) is 23.7. The first-order chi connectivity index (χ1) is 28.2. The second-order valence-electron chi connectivity index (χ2n) is 23.3. The molecule has 60 heavy (non-hydrogen) atoms. The number of rotatable bonds is 7. The molecule has 1 aromatic heterocycles. The average Bonchev–Trinajstić information content (AvgIpc) is 3.95. The molecule has 1 aliphatic heterocycles. The number of allylic oxidation sites excluding steroid dienone is 1. The second kappa shape index (κ2) is 14.0. The highest BCUT2D eigenvalue weighted by atomic mass is 16.5. The summed E-state index contributed by atoms with van der Waals surface area (Å²) < 4.78 is 6.47. The number of benzene rings is 1. The molecule has 0 bridgehead atoms. The van der Waals surface area contributed by atoms with Gasteiger partial charge in [-0.2, -0.15) is 0 Å². The van der Waals surface area contributed by atoms with Crippen LogP contribution >= 0.6 is 0 Å². The normalized spacial score (nSPS) is 42.5. The van der Waals surface area contributed by atoms with Crippen LogP contribution in [0.25, 0.3) is 11.3 Å². The van der Waals surface area contributed by atoms with Crippen LogP contribution in [-0.4, -0.2) is 50.5 Å². The van der Waals surface area contributed by atoms with Crippen LogP contribution in [0.15, 0.2) is 42.6 Å². The van der Waals surface area contributed by atoms with Crippen LogP contribution in [0.4, 0.5) is 0 Å². The number of carboxylic acids is 1. The smallest absolute Gasteiger partial charge is 0.309 e. The van der Waals surface area contributed by atoms with Gasteiger partial charge in [0.05, 0.1) is 35.2 Å². The summed E-state index contributed by atoms with van der Waals surface area (Å²) in [6.45, 7) is 26.2. The van der Waals surface area contributed by atoms with E-state index in [0.29, 0.717) is 41.9 Å². The highest BCUT2D eigenvalue weighted by Gasteiger charge is 2.72. The lowest BCUT2D eigenvalue weighted by atomic mass is 9.32. The maximum atomic E-state index is 15.6. The number of carboxylic acid groups (broad SMARTS) is 1. The van der Waals surface area contributed by atoms with E-state index in [4.69, 9.17) is 9.72 Å². The maximum Gasteiger partial charge on any atom is 0.309 e. The Morgan fingerprint density at radius 2 is 1.57 bits per heavy atom. The molecule has 1 saturated heterocycles. The van der Waals surface area contributed by atoms with Gasteiger partial charge >= 0.3 is 11.9 Å². The summed E-state index contributed by atoms with van der Waals surface area (Å²) in [7, 11) is 0. The van der Waals surface area contributed by atoms with E-state index < -0.39 is 17.3 Å². The number of nitrogens with zero attached hydrogens (tertiary/aromatic N) is 2. The van der Waals surface area contributed by atoms with Crippen molar-refractivity contribution in [3.63, 3.8) is 0 Å². The predicted molar refractivity (Wildman–Crippen MR) is 234 cm³/mol. The molecule has 7 aliphatic rings. The summed E-state index contributed by atoms with van der Waals surface area (Å²) in [5.41, 5.74) is 3.84. The molecule has 0 spiro atoms. The number of fused-ring (bicyclic) bond motifs is 7. The number of carbonyl (C=O) groups is 3. The fourth-order valence-corrected chi connectivity index (χ4v) is 16.6. The van der Waals surface area contributed by atoms with E-state index >= 15 is 4.79 Å². The van der Waals surface area contributed by atoms with Gasteiger partial charge in [-0.3, -0.25) is 14.4 Å². The molecule has 1 amide bonds. The average molecular weight is 820 g/mol. The largest absolute Gasteiger partial charge is 0.481 e. The molecular formula is C52H73N3O5. The molecule has 7 fully saturated rings. The maximum absolute atomic E-state index is 15.6. The zero-order valence-corrected chi connectivity index (χ0v) is 38.2. The number of carbonyl (C=O) groups excluding carboxylic acids is 2. The number of aromatic nitrogens is 2. The number of amides is 1. The Bertz CT molecular complexity index is 2070. The van der Waals surface area contributed by atoms with Crippen LogP contribution in [0.2, 0.25) is 0 Å². The standard InChI is InChI=1S/C52H73N3O5/c1-30(2)33-19-24-52(46(59)55-27-11-12-38(55)43-53-29-37(54-43)32-15-13-31(3)14-16-32)26-25-50(9)34(42(33)52)17-18-40-49(8)22-21-41(48(6,7)39(49)20-23-51(40,50)10)60-45(58)36-28-35(44(56)57)47(36,4)5/h13-16,29,33-36,38-42H,1,11-12,17-28H2,2-10H3,(H,53,54)(H,56,57). The molecular weight excluding hydrogens is 747 g/mol. The Balaban J connectivity index is 0.965. The minimum Gasteiger partial charge on any atom is -0.481 e. The summed E-state index contributed by atoms with van der Waals surface area (Å²) >= 11 is 0. The number of ether oxygens (including phenoxy) is 1. The van der Waals surface area contributed by atoms with E-state index in [1.54, 1.807) is 0 Å². The van der Waals surface area contributed by atoms with E-state index in [9.17, 15) is 14.7 Å². The number of esters is 1. The van der Waals surface area contributed by atoms with Crippen molar-refractivity contribution in [1.29, 1.82) is 0 Å². The van der Waals surface area contributed by atoms with Crippen molar-refractivity contribution in [3.05, 3.63) is 54.0 Å². The summed E-state index contributed by atoms with van der Waals surface area (Å²) in [5.74, 6) is 1.53. The second-order valence-corrected chi connectivity index (χ2v) is 23.3. The number of likely N-dealkylation sites (tertiary alicyclic amines) is 1. The Labute approximate surface area is 359 Å². The van der Waals surface area contributed by atoms with Gasteiger partial charge in [0.1, 0.15) is 11.9 Å². The Morgan fingerprint density at radius 3 is 2.25 bits per heavy atom. The molecule has 326 valence electrons. The number of imidazole rings is 1. The van der Waals surface area contributed by atoms with Crippen LogP contribution in [0.5, 0.6) is 0 Å². The minimum absolute atomic E-state index is 0.0213. The third kappa shape index (κ3) is 5.78. The monoisotopic (exact) mass is 820 g/mol. The lowest BCUT2D eigenvalue weighted by Gasteiger charge is -2.73. The van der Waals surface area contributed by atoms with Crippen molar-refractivity contribution in [3.8, 4) is 11.3 Å². The van der Waals surface area contributed by atoms with E-state index in [1.807, 2.05) is 20.0 Å². The molecule has 8 nitrogen and oxygen atoms in total. The van der Waals surface area contributed by atoms with E-state index in [1.165, 1.54) is 17.6 Å². The van der Waals surface area contributed by atoms with Gasteiger partial charge in [0.2, 0.25) is 5.91 Å². The zero-order chi connectivity index (χ0) is 42.9. The Morgan fingerprint density at radius 1 is 0.833 bits per heavy atom. The first-order valence-electron chi connectivity index (χ1n) is 23.7. The molecule has 13 atom stereocenters. The lowest BCUT2D eigenvalue weighted by Crippen LogP contribution is -2.67. The third-order valence-corrected chi connectivity index (χ3v) is 20.3. The minimum atomic E-state index is -0.817. The molecule has 2 N–H and O–H groups in total. The van der Waals surface area contributed by atoms with Gasteiger partial charge in [0, 0.05) is 12.0 Å². The molecule has 6 saturated carbocycles. The van der Waals surface area contributed by atoms with Crippen molar-refractivity contribution >= 4 is 17.8 Å². The van der Waals surface area contributed by atoms with Crippen molar-refractivity contribution in [2.24, 2.45) is 73.9 Å². The van der Waals surface area contributed by atoms with Crippen LogP contribution in [0.3, 0.4) is 0 Å². The SMILES string of the molecule is C=C(C)C1CCC2(C(=O)N3CCCC3c3ncc(-c4ccc(C)cc4)[nH]3)CCC3(C)C(CCC4C5(C)CCC(OC(=O)C6CC(C(=O)O)C6(C)C)C(C)(C)C5CCC43C)C12. The van der Waals surface area contributed by atoms with E-state index in [2.05, 4.69) is 89.2 Å². The van der Waals surface area contributed by atoms with E-state index in [0.717, 1.165) is 94.3 Å². The van der Waals surface area contributed by atoms with Gasteiger partial charge in [0.15, 0.2) is 0 Å². The number of hydrogen-bond donors (Lipinski definition) is 2. The molecule has 1 aromatic carbocycles. The molecule has 8 heteroatoms. The predicted octanol–water partition coefficient (Wildman–Crippen LogP) is 11.4. The molecule has 2 aromatic rings. The topological polar surface area (TPSA) is 113 Å². The fourth-order valence-electron chi connectivity index (χ4n) is 16.6. The number of aromatic amines is 1. The van der Waals surface area contributed by atoms with E-state index in [-0.39, 0.29) is 51.1 Å². The number of nitrogens with one attached hydrogen (secondary N) is 1. The molecule has 2 heterocycles. The van der Waals surface area contributed by atoms with Crippen molar-refractivity contribution in [1.82, 2.24) is 14.9 Å². The number of aryl methyl sites for hydroxylation is 1. The first kappa shape index (κ1) is 41.9. The summed E-state index contributed by atoms with van der Waals surface area (Å²) in [6, 6.07) is 8.54. The van der Waals surface area contributed by atoms with Gasteiger partial charge in [-0.15, -0.1) is 0 Å². The van der Waals surface area contributed by atoms with Gasteiger partial charge in [0.25, 0.3) is 0 Å². The zero-order valence-electron chi connectivity index (χ0n) is 38.2. The lowest BCUT2D eigenvalue weighted by molar-refractivity contribution is -0.251. The third-order valence-electron chi connectivity index (χ3n) is 20.3. The molecule has 9 rings (SSSR count). The Hall–Kier alpha value is -3.42. The molecule has 13 unspecified atom stereocenters. The summed E-state index contributed by atoms with van der Waals surface area (Å²) in [4.78, 5) is 51.9. The van der Waals surface area contributed by atoms with Crippen LogP contribution in [0, 0.1) is 80.8 Å². The van der Waals surface area contributed by atoms with Crippen molar-refractivity contribution in [2.45, 2.75) is 158 Å². The van der Waals surface area contributed by atoms with Crippen LogP contribution in [0.1, 0.15) is 156 Å². The number of hydrogen-bond acceptors (Lipinski definition) is 5. The van der Waals surface area contributed by atoms with Gasteiger partial charge in [-0.05, 0) is 154 Å². The highest BCUT2D eigenvalue weighted by molar-refractivity contribution is 5.85. The molecule has 6 aliphatic carbocycles. The van der Waals surface area contributed by atoms with Crippen molar-refractivity contribution in [2.75, 3.05) is 6.54 Å². The van der Waals surface area contributed by atoms with Gasteiger partial charge in [-0.25, -0.2) is 4.98 Å². The van der Waals surface area contributed by atoms with Crippen molar-refractivity contribution < 1.29 is 24.2 Å². The van der Waals surface area contributed by atoms with Crippen LogP contribution in [-0.2, 0) is 19.1 Å². The number of aliphatic carboxylic acids is 1. The van der Waals surface area contributed by atoms with Gasteiger partial charge < -0.3 is 19.7 Å². The van der Waals surface area contributed by atoms with Crippen LogP contribution < -0.4 is 0 Å². The summed E-state index contributed by atoms with van der Waals surface area (Å²) in [6.07, 6.45) is 14.7. The fraction of sp³-hybridized carbons (Fsp3) is 0.731. The quantitative estimate of drug-likeness (QED) is 0.212. The summed E-state index contributed by atoms with van der Waals surface area (Å²) in [5, 5.41) is 9.71.